The van der Waals surface area contributed by atoms with Crippen LogP contribution in [0.3, 0.4) is 0 Å². The molecule has 86 valence electrons. The van der Waals surface area contributed by atoms with Gasteiger partial charge < -0.3 is 0 Å². The second-order valence-corrected chi connectivity index (χ2v) is 2.81. The minimum Gasteiger partial charge on any atom is -0.183 e. The number of rotatable bonds is 1. The molecule has 0 spiro atoms. The van der Waals surface area contributed by atoms with E-state index in [1.807, 2.05) is 19.9 Å². The van der Waals surface area contributed by atoms with Crippen molar-refractivity contribution in [3.8, 4) is 0 Å². The molecule has 2 rings (SSSR count). The van der Waals surface area contributed by atoms with Gasteiger partial charge in [0.05, 0.1) is 0 Å². The Balaban J connectivity index is 0.000000509. The van der Waals surface area contributed by atoms with Crippen LogP contribution in [0, 0.1) is 0 Å². The van der Waals surface area contributed by atoms with Crippen LogP contribution in [0.4, 0.5) is 0 Å². The first-order chi connectivity index (χ1) is 7.90. The van der Waals surface area contributed by atoms with Crippen LogP contribution in [-0.4, -0.2) is 6.26 Å². The van der Waals surface area contributed by atoms with Gasteiger partial charge in [0.25, 0.3) is 0 Å². The standard InChI is InChI=1S/C12H10.C2H6.CH4S/c1-2-10-7-8-11-5-3-4-6-12(11)9-10;2*1-2/h2-9H,1H2;1-2H3;2H,1H3. The summed E-state index contributed by atoms with van der Waals surface area (Å²) < 4.78 is 0. The van der Waals surface area contributed by atoms with E-state index in [1.165, 1.54) is 16.3 Å². The smallest absolute Gasteiger partial charge is 0.0178 e. The van der Waals surface area contributed by atoms with E-state index in [-0.39, 0.29) is 0 Å². The van der Waals surface area contributed by atoms with Crippen LogP contribution in [0.1, 0.15) is 19.4 Å². The molecule has 2 aromatic rings. The molecular formula is C15H20S. The summed E-state index contributed by atoms with van der Waals surface area (Å²) in [6.07, 6.45) is 3.56. The quantitative estimate of drug-likeness (QED) is 0.653. The van der Waals surface area contributed by atoms with E-state index in [0.29, 0.717) is 0 Å². The van der Waals surface area contributed by atoms with Crippen LogP contribution in [0.15, 0.2) is 49.0 Å². The van der Waals surface area contributed by atoms with Gasteiger partial charge in [0.15, 0.2) is 0 Å². The zero-order chi connectivity index (χ0) is 12.4. The molecule has 0 saturated carbocycles. The fourth-order valence-electron chi connectivity index (χ4n) is 1.33. The SMILES string of the molecule is C=Cc1ccc2ccccc2c1.CC.CS. The van der Waals surface area contributed by atoms with Crippen molar-refractivity contribution in [3.05, 3.63) is 54.6 Å². The molecule has 0 unspecified atom stereocenters. The molecule has 0 heterocycles. The molecule has 0 amide bonds. The predicted octanol–water partition coefficient (Wildman–Crippen LogP) is 5.06. The van der Waals surface area contributed by atoms with Crippen molar-refractivity contribution in [1.82, 2.24) is 0 Å². The molecule has 16 heavy (non-hydrogen) atoms. The lowest BCUT2D eigenvalue weighted by atomic mass is 10.1. The second-order valence-electron chi connectivity index (χ2n) is 2.81. The van der Waals surface area contributed by atoms with Crippen LogP contribution in [-0.2, 0) is 0 Å². The average Bonchev–Trinajstić information content (AvgIpc) is 2.42. The Labute approximate surface area is 104 Å². The average molecular weight is 232 g/mol. The summed E-state index contributed by atoms with van der Waals surface area (Å²) in [5.41, 5.74) is 1.17. The van der Waals surface area contributed by atoms with E-state index in [4.69, 9.17) is 0 Å². The first-order valence-corrected chi connectivity index (χ1v) is 6.35. The summed E-state index contributed by atoms with van der Waals surface area (Å²) in [4.78, 5) is 0. The Bertz CT molecular complexity index is 418. The van der Waals surface area contributed by atoms with Crippen LogP contribution in [0.2, 0.25) is 0 Å². The third kappa shape index (κ3) is 4.11. The lowest BCUT2D eigenvalue weighted by Gasteiger charge is -1.97. The molecule has 0 nitrogen and oxygen atoms in total. The summed E-state index contributed by atoms with van der Waals surface area (Å²) in [7, 11) is 0. The number of hydrogen-bond acceptors (Lipinski definition) is 1. The van der Waals surface area contributed by atoms with E-state index in [2.05, 4.69) is 61.7 Å². The van der Waals surface area contributed by atoms with Crippen molar-refractivity contribution in [2.45, 2.75) is 13.8 Å². The molecule has 0 aliphatic rings. The highest BCUT2D eigenvalue weighted by Crippen LogP contribution is 2.15. The normalized spacial score (nSPS) is 8.25. The van der Waals surface area contributed by atoms with Crippen molar-refractivity contribution in [1.29, 1.82) is 0 Å². The minimum absolute atomic E-state index is 1.17. The monoisotopic (exact) mass is 232 g/mol. The Morgan fingerprint density at radius 2 is 1.50 bits per heavy atom. The molecule has 0 radical (unpaired) electrons. The maximum Gasteiger partial charge on any atom is -0.0178 e. The lowest BCUT2D eigenvalue weighted by molar-refractivity contribution is 1.50. The highest BCUT2D eigenvalue weighted by molar-refractivity contribution is 7.79. The van der Waals surface area contributed by atoms with Gasteiger partial charge in [-0.25, -0.2) is 0 Å². The van der Waals surface area contributed by atoms with Gasteiger partial charge in [-0.1, -0.05) is 62.9 Å². The van der Waals surface area contributed by atoms with E-state index < -0.39 is 0 Å². The van der Waals surface area contributed by atoms with Gasteiger partial charge in [-0.2, -0.15) is 12.6 Å². The largest absolute Gasteiger partial charge is 0.183 e. The predicted molar refractivity (Wildman–Crippen MR) is 80.3 cm³/mol. The molecule has 1 heteroatoms. The molecule has 0 aromatic heterocycles. The Kier molecular flexibility index (Phi) is 8.36. The number of thiol groups is 1. The zero-order valence-electron chi connectivity index (χ0n) is 10.3. The molecular weight excluding hydrogens is 212 g/mol. The van der Waals surface area contributed by atoms with Crippen LogP contribution in [0.25, 0.3) is 16.8 Å². The number of fused-ring (bicyclic) bond motifs is 1. The maximum atomic E-state index is 3.74. The van der Waals surface area contributed by atoms with Crippen molar-refractivity contribution in [3.63, 3.8) is 0 Å². The van der Waals surface area contributed by atoms with E-state index in [9.17, 15) is 0 Å². The van der Waals surface area contributed by atoms with Gasteiger partial charge in [0, 0.05) is 0 Å². The lowest BCUT2D eigenvalue weighted by Crippen LogP contribution is -1.73. The minimum atomic E-state index is 1.17. The number of hydrogen-bond donors (Lipinski definition) is 1. The summed E-state index contributed by atoms with van der Waals surface area (Å²) >= 11 is 3.53. The molecule has 2 aromatic carbocycles. The topological polar surface area (TPSA) is 0 Å². The molecule has 0 fully saturated rings. The summed E-state index contributed by atoms with van der Waals surface area (Å²) in [6, 6.07) is 14.7. The van der Waals surface area contributed by atoms with Gasteiger partial charge in [-0.05, 0) is 28.7 Å². The van der Waals surface area contributed by atoms with Crippen LogP contribution >= 0.6 is 12.6 Å². The Morgan fingerprint density at radius 1 is 0.938 bits per heavy atom. The zero-order valence-corrected chi connectivity index (χ0v) is 11.2. The van der Waals surface area contributed by atoms with Gasteiger partial charge in [-0.15, -0.1) is 0 Å². The van der Waals surface area contributed by atoms with E-state index >= 15 is 0 Å². The Morgan fingerprint density at radius 3 is 2.06 bits per heavy atom. The molecule has 0 aliphatic carbocycles. The van der Waals surface area contributed by atoms with Crippen LogP contribution < -0.4 is 0 Å². The maximum absolute atomic E-state index is 3.74. The molecule has 0 atom stereocenters. The van der Waals surface area contributed by atoms with Crippen LogP contribution in [0.5, 0.6) is 0 Å². The molecule has 0 bridgehead atoms. The van der Waals surface area contributed by atoms with Gasteiger partial charge in [0.2, 0.25) is 0 Å². The summed E-state index contributed by atoms with van der Waals surface area (Å²) in [5, 5.41) is 2.55. The van der Waals surface area contributed by atoms with Gasteiger partial charge in [0.1, 0.15) is 0 Å². The van der Waals surface area contributed by atoms with E-state index in [0.717, 1.165) is 0 Å². The fourth-order valence-corrected chi connectivity index (χ4v) is 1.33. The van der Waals surface area contributed by atoms with Crippen molar-refractivity contribution < 1.29 is 0 Å². The molecule has 0 saturated heterocycles. The fraction of sp³-hybridized carbons (Fsp3) is 0.200. The first kappa shape index (κ1) is 14.8. The summed E-state index contributed by atoms with van der Waals surface area (Å²) in [5.74, 6) is 0. The van der Waals surface area contributed by atoms with Gasteiger partial charge in [-0.3, -0.25) is 0 Å². The third-order valence-corrected chi connectivity index (χ3v) is 2.01. The van der Waals surface area contributed by atoms with Crippen molar-refractivity contribution in [2.75, 3.05) is 6.26 Å². The van der Waals surface area contributed by atoms with Gasteiger partial charge >= 0.3 is 0 Å². The third-order valence-electron chi connectivity index (χ3n) is 2.01. The Hall–Kier alpha value is -1.21. The first-order valence-electron chi connectivity index (χ1n) is 5.46. The number of benzene rings is 2. The van der Waals surface area contributed by atoms with Crippen molar-refractivity contribution >= 4 is 29.5 Å². The highest BCUT2D eigenvalue weighted by atomic mass is 32.1. The second kappa shape index (κ2) is 9.05. The molecule has 0 aliphatic heterocycles. The highest BCUT2D eigenvalue weighted by Gasteiger charge is 1.90. The van der Waals surface area contributed by atoms with E-state index in [1.54, 1.807) is 6.26 Å². The summed E-state index contributed by atoms with van der Waals surface area (Å²) in [6.45, 7) is 7.74. The van der Waals surface area contributed by atoms with Crippen molar-refractivity contribution in [2.24, 2.45) is 0 Å². The molecule has 0 N–H and O–H groups in total.